The Hall–Kier alpha value is -3.74. The van der Waals surface area contributed by atoms with Crippen molar-refractivity contribution in [3.05, 3.63) is 39.9 Å². The summed E-state index contributed by atoms with van der Waals surface area (Å²) in [6, 6.07) is 2.73. The molecule has 2 atom stereocenters. The zero-order chi connectivity index (χ0) is 23.3. The third kappa shape index (κ3) is 6.37. The van der Waals surface area contributed by atoms with Crippen LogP contribution in [0.5, 0.6) is 0 Å². The molecule has 0 spiro atoms. The summed E-state index contributed by atoms with van der Waals surface area (Å²) >= 11 is 0. The van der Waals surface area contributed by atoms with Crippen LogP contribution in [-0.4, -0.2) is 58.2 Å². The molecule has 13 nitrogen and oxygen atoms in total. The number of nitro groups is 1. The van der Waals surface area contributed by atoms with Crippen molar-refractivity contribution in [2.24, 2.45) is 5.73 Å². The minimum absolute atomic E-state index is 0.109. The molecule has 3 amide bonds. The molecule has 1 aromatic carbocycles. The number of esters is 1. The van der Waals surface area contributed by atoms with Crippen LogP contribution in [0.25, 0.3) is 0 Å². The van der Waals surface area contributed by atoms with Crippen LogP contribution in [-0.2, 0) is 35.3 Å². The number of hydrogen-bond donors (Lipinski definition) is 2. The summed E-state index contributed by atoms with van der Waals surface area (Å²) < 4.78 is 9.97. The number of alkyl carbamates (subject to hydrolysis) is 1. The number of benzene rings is 1. The van der Waals surface area contributed by atoms with Gasteiger partial charge in [0.25, 0.3) is 11.6 Å². The Morgan fingerprint density at radius 3 is 2.35 bits per heavy atom. The van der Waals surface area contributed by atoms with Crippen molar-refractivity contribution in [1.82, 2.24) is 10.4 Å². The quantitative estimate of drug-likeness (QED) is 0.247. The number of primary amides is 1. The van der Waals surface area contributed by atoms with Gasteiger partial charge in [0.15, 0.2) is 12.6 Å². The zero-order valence-electron chi connectivity index (χ0n) is 17.0. The first-order chi connectivity index (χ1) is 14.4. The van der Waals surface area contributed by atoms with Crippen molar-refractivity contribution in [3.8, 4) is 0 Å². The number of β-lactam (4-membered cyclic amide) rings is 1. The van der Waals surface area contributed by atoms with Crippen LogP contribution in [0.4, 0.5) is 10.5 Å². The number of amides is 3. The van der Waals surface area contributed by atoms with E-state index in [9.17, 15) is 29.3 Å². The van der Waals surface area contributed by atoms with Gasteiger partial charge in [-0.3, -0.25) is 24.5 Å². The van der Waals surface area contributed by atoms with Gasteiger partial charge >= 0.3 is 12.1 Å². The number of carbonyl (C=O) groups is 4. The van der Waals surface area contributed by atoms with E-state index in [-0.39, 0.29) is 12.3 Å². The van der Waals surface area contributed by atoms with E-state index in [4.69, 9.17) is 20.0 Å². The van der Waals surface area contributed by atoms with Crippen LogP contribution in [0.1, 0.15) is 26.3 Å². The molecule has 168 valence electrons. The van der Waals surface area contributed by atoms with Gasteiger partial charge in [-0.1, -0.05) is 0 Å². The Morgan fingerprint density at radius 1 is 1.23 bits per heavy atom. The molecule has 0 aliphatic carbocycles. The number of nitrogens with zero attached hydrogens (tertiary/aromatic N) is 2. The first-order valence-corrected chi connectivity index (χ1v) is 9.03. The molecular weight excluding hydrogens is 416 g/mol. The molecule has 1 aliphatic rings. The van der Waals surface area contributed by atoms with Crippen LogP contribution in [0.3, 0.4) is 0 Å². The average molecular weight is 438 g/mol. The fraction of sp³-hybridized carbons (Fsp3) is 0.444. The highest BCUT2D eigenvalue weighted by Crippen LogP contribution is 2.21. The largest absolute Gasteiger partial charge is 0.459 e. The summed E-state index contributed by atoms with van der Waals surface area (Å²) in [5, 5.41) is 13.4. The van der Waals surface area contributed by atoms with Gasteiger partial charge in [0, 0.05) is 12.1 Å². The number of hydroxylamine groups is 2. The van der Waals surface area contributed by atoms with Crippen LogP contribution in [0.15, 0.2) is 24.3 Å². The number of rotatable bonds is 8. The van der Waals surface area contributed by atoms with Crippen molar-refractivity contribution >= 4 is 29.6 Å². The summed E-state index contributed by atoms with van der Waals surface area (Å²) in [7, 11) is 0. The monoisotopic (exact) mass is 438 g/mol. The molecule has 3 N–H and O–H groups in total. The van der Waals surface area contributed by atoms with E-state index in [2.05, 4.69) is 5.32 Å². The molecule has 1 heterocycles. The maximum absolute atomic E-state index is 12.2. The Kier molecular flexibility index (Phi) is 7.12. The summed E-state index contributed by atoms with van der Waals surface area (Å²) in [6.45, 7) is 3.98. The molecule has 2 unspecified atom stereocenters. The molecule has 31 heavy (non-hydrogen) atoms. The van der Waals surface area contributed by atoms with Crippen LogP contribution in [0.2, 0.25) is 0 Å². The van der Waals surface area contributed by atoms with Gasteiger partial charge in [-0.2, -0.15) is 0 Å². The summed E-state index contributed by atoms with van der Waals surface area (Å²) in [5.41, 5.74) is 4.82. The maximum Gasteiger partial charge on any atom is 0.408 e. The highest BCUT2D eigenvalue weighted by Gasteiger charge is 2.53. The number of nitro benzene ring substituents is 1. The number of carbonyl (C=O) groups excluding carboxylic acids is 4. The Labute approximate surface area is 176 Å². The van der Waals surface area contributed by atoms with Crippen molar-refractivity contribution < 1.29 is 38.4 Å². The number of hydrogen-bond acceptors (Lipinski definition) is 9. The highest BCUT2D eigenvalue weighted by atomic mass is 16.7. The molecule has 1 aromatic rings. The number of ether oxygens (including phenoxy) is 2. The van der Waals surface area contributed by atoms with E-state index in [1.807, 2.05) is 0 Å². The van der Waals surface area contributed by atoms with Crippen molar-refractivity contribution in [2.45, 2.75) is 45.1 Å². The summed E-state index contributed by atoms with van der Waals surface area (Å²) in [4.78, 5) is 62.5. The molecule has 0 bridgehead atoms. The fourth-order valence-corrected chi connectivity index (χ4v) is 2.50. The van der Waals surface area contributed by atoms with E-state index in [1.54, 1.807) is 20.8 Å². The third-order valence-corrected chi connectivity index (χ3v) is 3.88. The number of non-ortho nitro benzene ring substituents is 1. The van der Waals surface area contributed by atoms with E-state index >= 15 is 0 Å². The second-order valence-electron chi connectivity index (χ2n) is 7.49. The molecule has 1 saturated heterocycles. The number of nitrogens with two attached hydrogens (primary N) is 1. The van der Waals surface area contributed by atoms with Crippen LogP contribution >= 0.6 is 0 Å². The predicted molar refractivity (Wildman–Crippen MR) is 102 cm³/mol. The van der Waals surface area contributed by atoms with Gasteiger partial charge in [0.05, 0.1) is 4.92 Å². The SMILES string of the molecule is CC(C)(C)OC(=O)NC1C(=O)N(OCC(=O)OCc2ccc([N+](=O)[O-])cc2)C1C(N)=O. The van der Waals surface area contributed by atoms with Crippen LogP contribution in [0, 0.1) is 10.1 Å². The molecule has 13 heteroatoms. The van der Waals surface area contributed by atoms with E-state index in [1.165, 1.54) is 24.3 Å². The molecular formula is C18H22N4O9. The minimum Gasteiger partial charge on any atom is -0.459 e. The molecule has 1 aliphatic heterocycles. The average Bonchev–Trinajstić information content (AvgIpc) is 2.66. The minimum atomic E-state index is -1.33. The normalized spacial score (nSPS) is 18.0. The summed E-state index contributed by atoms with van der Waals surface area (Å²) in [6.07, 6.45) is -0.917. The van der Waals surface area contributed by atoms with Gasteiger partial charge in [-0.15, -0.1) is 0 Å². The second-order valence-corrected chi connectivity index (χ2v) is 7.49. The Bertz CT molecular complexity index is 879. The zero-order valence-corrected chi connectivity index (χ0v) is 17.0. The van der Waals surface area contributed by atoms with E-state index < -0.39 is 53.1 Å². The van der Waals surface area contributed by atoms with Crippen molar-refractivity contribution in [2.75, 3.05) is 6.61 Å². The standard InChI is InChI=1S/C18H22N4O9/c1-18(2,3)31-17(26)20-13-14(15(19)24)21(16(13)25)30-9-12(23)29-8-10-4-6-11(7-5-10)22(27)28/h4-7,13-14H,8-9H2,1-3H3,(H2,19,24)(H,20,26). The lowest BCUT2D eigenvalue weighted by Gasteiger charge is -2.43. The molecule has 0 saturated carbocycles. The molecule has 2 rings (SSSR count). The van der Waals surface area contributed by atoms with E-state index in [0.29, 0.717) is 10.6 Å². The maximum atomic E-state index is 12.2. The fourth-order valence-electron chi connectivity index (χ4n) is 2.50. The summed E-state index contributed by atoms with van der Waals surface area (Å²) in [5.74, 6) is -2.62. The van der Waals surface area contributed by atoms with Crippen molar-refractivity contribution in [3.63, 3.8) is 0 Å². The van der Waals surface area contributed by atoms with Crippen molar-refractivity contribution in [1.29, 1.82) is 0 Å². The van der Waals surface area contributed by atoms with Gasteiger partial charge in [0.2, 0.25) is 5.91 Å². The lowest BCUT2D eigenvalue weighted by molar-refractivity contribution is -0.384. The highest BCUT2D eigenvalue weighted by molar-refractivity contribution is 6.02. The van der Waals surface area contributed by atoms with Gasteiger partial charge < -0.3 is 20.5 Å². The topological polar surface area (TPSA) is 180 Å². The van der Waals surface area contributed by atoms with Gasteiger partial charge in [-0.05, 0) is 38.5 Å². The first kappa shape index (κ1) is 23.5. The molecule has 0 radical (unpaired) electrons. The number of nitrogens with one attached hydrogen (secondary N) is 1. The Morgan fingerprint density at radius 2 is 1.84 bits per heavy atom. The van der Waals surface area contributed by atoms with E-state index in [0.717, 1.165) is 0 Å². The lowest BCUT2D eigenvalue weighted by Crippen LogP contribution is -2.74. The predicted octanol–water partition coefficient (Wildman–Crippen LogP) is 0.159. The molecule has 0 aromatic heterocycles. The first-order valence-electron chi connectivity index (χ1n) is 9.03. The van der Waals surface area contributed by atoms with Crippen LogP contribution < -0.4 is 11.1 Å². The molecule has 1 fully saturated rings. The smallest absolute Gasteiger partial charge is 0.408 e. The van der Waals surface area contributed by atoms with Gasteiger partial charge in [0.1, 0.15) is 18.2 Å². The third-order valence-electron chi connectivity index (χ3n) is 3.88. The second kappa shape index (κ2) is 9.38. The van der Waals surface area contributed by atoms with Gasteiger partial charge in [-0.25, -0.2) is 14.7 Å². The Balaban J connectivity index is 1.84. The lowest BCUT2D eigenvalue weighted by atomic mass is 9.98.